The van der Waals surface area contributed by atoms with Gasteiger partial charge < -0.3 is 10.1 Å². The molecular formula is C19H26F3NO2. The SMILES string of the molecule is CC(C)Cc1ccc(C(NC(=O)CCOCC(F)(F)F)C2CC2)cc1. The molecule has 3 nitrogen and oxygen atoms in total. The van der Waals surface area contributed by atoms with Crippen LogP contribution in [0.4, 0.5) is 13.2 Å². The molecule has 1 aromatic carbocycles. The van der Waals surface area contributed by atoms with E-state index >= 15 is 0 Å². The first-order valence-corrected chi connectivity index (χ1v) is 8.77. The molecule has 0 radical (unpaired) electrons. The molecule has 0 spiro atoms. The van der Waals surface area contributed by atoms with Crippen LogP contribution < -0.4 is 5.32 Å². The van der Waals surface area contributed by atoms with Crippen LogP contribution in [0.3, 0.4) is 0 Å². The lowest BCUT2D eigenvalue weighted by Gasteiger charge is -2.19. The molecule has 0 heterocycles. The Kier molecular flexibility index (Phi) is 6.87. The van der Waals surface area contributed by atoms with Gasteiger partial charge in [-0.05, 0) is 42.2 Å². The molecule has 0 saturated heterocycles. The Morgan fingerprint density at radius 1 is 1.24 bits per heavy atom. The van der Waals surface area contributed by atoms with Crippen LogP contribution in [0.1, 0.15) is 50.3 Å². The minimum absolute atomic E-state index is 0.0647. The highest BCUT2D eigenvalue weighted by Crippen LogP contribution is 2.41. The van der Waals surface area contributed by atoms with E-state index in [4.69, 9.17) is 0 Å². The Balaban J connectivity index is 1.85. The lowest BCUT2D eigenvalue weighted by atomic mass is 9.97. The molecule has 1 aliphatic rings. The quantitative estimate of drug-likeness (QED) is 0.665. The van der Waals surface area contributed by atoms with E-state index in [1.54, 1.807) is 0 Å². The number of alkyl halides is 3. The fraction of sp³-hybridized carbons (Fsp3) is 0.632. The molecular weight excluding hydrogens is 331 g/mol. The van der Waals surface area contributed by atoms with Gasteiger partial charge in [0, 0.05) is 6.42 Å². The standard InChI is InChI=1S/C19H26F3NO2/c1-13(2)11-14-3-5-15(6-4-14)18(16-7-8-16)23-17(24)9-10-25-12-19(20,21)22/h3-6,13,16,18H,7-12H2,1-2H3,(H,23,24). The number of benzene rings is 1. The van der Waals surface area contributed by atoms with Crippen molar-refractivity contribution in [3.05, 3.63) is 35.4 Å². The monoisotopic (exact) mass is 357 g/mol. The van der Waals surface area contributed by atoms with Gasteiger partial charge in [-0.15, -0.1) is 0 Å². The molecule has 1 fully saturated rings. The van der Waals surface area contributed by atoms with Crippen LogP contribution in [-0.2, 0) is 16.0 Å². The second-order valence-corrected chi connectivity index (χ2v) is 7.14. The summed E-state index contributed by atoms with van der Waals surface area (Å²) >= 11 is 0. The first-order valence-electron chi connectivity index (χ1n) is 8.77. The highest BCUT2D eigenvalue weighted by Gasteiger charge is 2.33. The van der Waals surface area contributed by atoms with Gasteiger partial charge in [0.05, 0.1) is 12.6 Å². The van der Waals surface area contributed by atoms with Crippen molar-refractivity contribution in [2.24, 2.45) is 11.8 Å². The molecule has 25 heavy (non-hydrogen) atoms. The van der Waals surface area contributed by atoms with Crippen LogP contribution >= 0.6 is 0 Å². The van der Waals surface area contributed by atoms with E-state index in [0.29, 0.717) is 11.8 Å². The third-order valence-electron chi connectivity index (χ3n) is 4.13. The maximum Gasteiger partial charge on any atom is 0.411 e. The van der Waals surface area contributed by atoms with E-state index in [1.165, 1.54) is 5.56 Å². The predicted octanol–water partition coefficient (Wildman–Crippen LogP) is 4.42. The number of carbonyl (C=O) groups is 1. The van der Waals surface area contributed by atoms with E-state index in [1.807, 2.05) is 12.1 Å². The van der Waals surface area contributed by atoms with Gasteiger partial charge in [0.15, 0.2) is 0 Å². The van der Waals surface area contributed by atoms with Gasteiger partial charge in [-0.1, -0.05) is 38.1 Å². The van der Waals surface area contributed by atoms with Crippen molar-refractivity contribution in [2.75, 3.05) is 13.2 Å². The van der Waals surface area contributed by atoms with Crippen molar-refractivity contribution in [2.45, 2.75) is 51.7 Å². The average Bonchev–Trinajstić information content (AvgIpc) is 3.33. The van der Waals surface area contributed by atoms with Crippen molar-refractivity contribution < 1.29 is 22.7 Å². The normalized spacial score (nSPS) is 16.1. The summed E-state index contributed by atoms with van der Waals surface area (Å²) in [6, 6.07) is 8.19. The largest absolute Gasteiger partial charge is 0.411 e. The molecule has 140 valence electrons. The fourth-order valence-corrected chi connectivity index (χ4v) is 2.83. The zero-order valence-electron chi connectivity index (χ0n) is 14.7. The summed E-state index contributed by atoms with van der Waals surface area (Å²) in [6.45, 7) is 2.80. The van der Waals surface area contributed by atoms with Crippen molar-refractivity contribution in [3.8, 4) is 0 Å². The summed E-state index contributed by atoms with van der Waals surface area (Å²) in [4.78, 5) is 12.0. The molecule has 2 rings (SSSR count). The molecule has 1 aliphatic carbocycles. The maximum atomic E-state index is 12.0. The van der Waals surface area contributed by atoms with Gasteiger partial charge in [0.2, 0.25) is 5.91 Å². The smallest absolute Gasteiger partial charge is 0.372 e. The zero-order chi connectivity index (χ0) is 18.4. The molecule has 1 aromatic rings. The van der Waals surface area contributed by atoms with Crippen LogP contribution in [0.2, 0.25) is 0 Å². The number of ether oxygens (including phenoxy) is 1. The number of halogens is 3. The van der Waals surface area contributed by atoms with Crippen molar-refractivity contribution in [3.63, 3.8) is 0 Å². The second-order valence-electron chi connectivity index (χ2n) is 7.14. The number of hydrogen-bond donors (Lipinski definition) is 1. The highest BCUT2D eigenvalue weighted by molar-refractivity contribution is 5.76. The molecule has 1 atom stereocenters. The Labute approximate surface area is 146 Å². The predicted molar refractivity (Wildman–Crippen MR) is 90.1 cm³/mol. The van der Waals surface area contributed by atoms with Gasteiger partial charge >= 0.3 is 6.18 Å². The Bertz CT molecular complexity index is 551. The van der Waals surface area contributed by atoms with Crippen LogP contribution in [0, 0.1) is 11.8 Å². The molecule has 1 N–H and O–H groups in total. The molecule has 1 unspecified atom stereocenters. The van der Waals surface area contributed by atoms with Crippen LogP contribution in [0.5, 0.6) is 0 Å². The second kappa shape index (κ2) is 8.70. The van der Waals surface area contributed by atoms with Crippen LogP contribution in [0.15, 0.2) is 24.3 Å². The van der Waals surface area contributed by atoms with Gasteiger partial charge in [0.1, 0.15) is 6.61 Å². The van der Waals surface area contributed by atoms with E-state index in [0.717, 1.165) is 24.8 Å². The van der Waals surface area contributed by atoms with Gasteiger partial charge in [-0.3, -0.25) is 4.79 Å². The van der Waals surface area contributed by atoms with Gasteiger partial charge in [-0.25, -0.2) is 0 Å². The zero-order valence-corrected chi connectivity index (χ0v) is 14.7. The van der Waals surface area contributed by atoms with Crippen molar-refractivity contribution >= 4 is 5.91 Å². The lowest BCUT2D eigenvalue weighted by molar-refractivity contribution is -0.174. The Morgan fingerprint density at radius 3 is 2.40 bits per heavy atom. The first-order chi connectivity index (χ1) is 11.7. The number of amides is 1. The number of carbonyl (C=O) groups excluding carboxylic acids is 1. The summed E-state index contributed by atoms with van der Waals surface area (Å²) in [5.41, 5.74) is 2.32. The Morgan fingerprint density at radius 2 is 1.88 bits per heavy atom. The average molecular weight is 357 g/mol. The minimum atomic E-state index is -4.36. The summed E-state index contributed by atoms with van der Waals surface area (Å²) in [7, 11) is 0. The van der Waals surface area contributed by atoms with Crippen molar-refractivity contribution in [1.82, 2.24) is 5.32 Å². The van der Waals surface area contributed by atoms with E-state index < -0.39 is 12.8 Å². The molecule has 1 amide bonds. The molecule has 0 aromatic heterocycles. The van der Waals surface area contributed by atoms with E-state index in [9.17, 15) is 18.0 Å². The summed E-state index contributed by atoms with van der Waals surface area (Å²) < 4.78 is 40.5. The number of rotatable bonds is 9. The molecule has 1 saturated carbocycles. The van der Waals surface area contributed by atoms with Gasteiger partial charge in [-0.2, -0.15) is 13.2 Å². The number of nitrogens with one attached hydrogen (secondary N) is 1. The Hall–Kier alpha value is -1.56. The van der Waals surface area contributed by atoms with Crippen molar-refractivity contribution in [1.29, 1.82) is 0 Å². The minimum Gasteiger partial charge on any atom is -0.372 e. The summed E-state index contributed by atoms with van der Waals surface area (Å²) in [6.07, 6.45) is -1.29. The molecule has 0 aliphatic heterocycles. The van der Waals surface area contributed by atoms with Crippen LogP contribution in [-0.4, -0.2) is 25.3 Å². The summed E-state index contributed by atoms with van der Waals surface area (Å²) in [5.74, 6) is 0.725. The maximum absolute atomic E-state index is 12.0. The van der Waals surface area contributed by atoms with E-state index in [-0.39, 0.29) is 25.0 Å². The first kappa shape index (κ1) is 19.8. The number of hydrogen-bond acceptors (Lipinski definition) is 2. The van der Waals surface area contributed by atoms with Crippen LogP contribution in [0.25, 0.3) is 0 Å². The highest BCUT2D eigenvalue weighted by atomic mass is 19.4. The lowest BCUT2D eigenvalue weighted by Crippen LogP contribution is -2.31. The summed E-state index contributed by atoms with van der Waals surface area (Å²) in [5, 5.41) is 2.95. The molecule has 6 heteroatoms. The fourth-order valence-electron chi connectivity index (χ4n) is 2.83. The van der Waals surface area contributed by atoms with E-state index in [2.05, 4.69) is 36.0 Å². The van der Waals surface area contributed by atoms with Gasteiger partial charge in [0.25, 0.3) is 0 Å². The third kappa shape index (κ3) is 7.46. The topological polar surface area (TPSA) is 38.3 Å². The third-order valence-corrected chi connectivity index (χ3v) is 4.13. The molecule has 0 bridgehead atoms.